The predicted molar refractivity (Wildman–Crippen MR) is 73.9 cm³/mol. The van der Waals surface area contributed by atoms with E-state index in [2.05, 4.69) is 4.98 Å². The maximum absolute atomic E-state index is 13.3. The molecular weight excluding hydrogens is 257 g/mol. The van der Waals surface area contributed by atoms with Gasteiger partial charge in [-0.2, -0.15) is 0 Å². The maximum Gasteiger partial charge on any atom is 0.141 e. The van der Waals surface area contributed by atoms with Gasteiger partial charge in [0.05, 0.1) is 0 Å². The van der Waals surface area contributed by atoms with Gasteiger partial charge in [0.15, 0.2) is 0 Å². The Bertz CT molecular complexity index is 779. The number of benzene rings is 1. The van der Waals surface area contributed by atoms with E-state index in [9.17, 15) is 9.50 Å². The Morgan fingerprint density at radius 1 is 1.20 bits per heavy atom. The van der Waals surface area contributed by atoms with Crippen LogP contribution in [0.5, 0.6) is 0 Å². The van der Waals surface area contributed by atoms with Crippen molar-refractivity contribution in [2.24, 2.45) is 0 Å². The molecule has 0 saturated heterocycles. The van der Waals surface area contributed by atoms with E-state index in [1.54, 1.807) is 18.5 Å². The average molecular weight is 271 g/mol. The van der Waals surface area contributed by atoms with Gasteiger partial charge in [0.1, 0.15) is 23.3 Å². The monoisotopic (exact) mass is 271 g/mol. The Kier molecular flexibility index (Phi) is 3.03. The molecule has 4 heteroatoms. The Morgan fingerprint density at radius 2 is 2.00 bits per heavy atom. The second kappa shape index (κ2) is 4.72. The molecule has 0 radical (unpaired) electrons. The number of fused-ring (bicyclic) bond motifs is 1. The number of nitrogens with zero attached hydrogens (tertiary/aromatic N) is 1. The molecule has 102 valence electrons. The summed E-state index contributed by atoms with van der Waals surface area (Å²) in [6.07, 6.45) is 2.42. The van der Waals surface area contributed by atoms with Gasteiger partial charge in [-0.1, -0.05) is 0 Å². The topological polar surface area (TPSA) is 46.3 Å². The van der Waals surface area contributed by atoms with Crippen LogP contribution < -0.4 is 0 Å². The number of pyridine rings is 1. The van der Waals surface area contributed by atoms with Crippen LogP contribution in [-0.4, -0.2) is 10.1 Å². The van der Waals surface area contributed by atoms with E-state index < -0.39 is 6.10 Å². The fourth-order valence-corrected chi connectivity index (χ4v) is 2.35. The molecule has 3 aromatic rings. The van der Waals surface area contributed by atoms with E-state index >= 15 is 0 Å². The number of furan rings is 1. The van der Waals surface area contributed by atoms with Crippen LogP contribution in [0.3, 0.4) is 0 Å². The van der Waals surface area contributed by atoms with Crippen LogP contribution in [0.15, 0.2) is 41.1 Å². The zero-order valence-electron chi connectivity index (χ0n) is 11.2. The summed E-state index contributed by atoms with van der Waals surface area (Å²) in [6.45, 7) is 3.72. The van der Waals surface area contributed by atoms with Crippen LogP contribution in [0.25, 0.3) is 11.0 Å². The zero-order valence-corrected chi connectivity index (χ0v) is 11.2. The van der Waals surface area contributed by atoms with Gasteiger partial charge >= 0.3 is 0 Å². The molecule has 0 aliphatic carbocycles. The Hall–Kier alpha value is -2.20. The molecule has 3 rings (SSSR count). The molecule has 0 spiro atoms. The van der Waals surface area contributed by atoms with Crippen LogP contribution in [0.1, 0.15) is 28.6 Å². The maximum atomic E-state index is 13.3. The first-order chi connectivity index (χ1) is 9.56. The fourth-order valence-electron chi connectivity index (χ4n) is 2.35. The van der Waals surface area contributed by atoms with Crippen molar-refractivity contribution in [3.8, 4) is 0 Å². The van der Waals surface area contributed by atoms with Crippen molar-refractivity contribution >= 4 is 11.0 Å². The van der Waals surface area contributed by atoms with Crippen molar-refractivity contribution in [1.29, 1.82) is 0 Å². The summed E-state index contributed by atoms with van der Waals surface area (Å²) in [5.74, 6) is 0.109. The lowest BCUT2D eigenvalue weighted by Crippen LogP contribution is -2.00. The van der Waals surface area contributed by atoms with Crippen LogP contribution in [0.2, 0.25) is 0 Å². The molecule has 3 nitrogen and oxygen atoms in total. The molecule has 1 unspecified atom stereocenters. The van der Waals surface area contributed by atoms with E-state index in [1.807, 2.05) is 19.9 Å². The molecule has 2 heterocycles. The molecule has 20 heavy (non-hydrogen) atoms. The minimum Gasteiger partial charge on any atom is -0.458 e. The van der Waals surface area contributed by atoms with Gasteiger partial charge < -0.3 is 9.52 Å². The zero-order chi connectivity index (χ0) is 14.3. The minimum atomic E-state index is -0.905. The smallest absolute Gasteiger partial charge is 0.141 e. The highest BCUT2D eigenvalue weighted by atomic mass is 19.1. The van der Waals surface area contributed by atoms with Crippen LogP contribution in [0, 0.1) is 19.7 Å². The minimum absolute atomic E-state index is 0.320. The molecule has 1 atom stereocenters. The highest BCUT2D eigenvalue weighted by Crippen LogP contribution is 2.32. The lowest BCUT2D eigenvalue weighted by Gasteiger charge is -2.09. The summed E-state index contributed by atoms with van der Waals surface area (Å²) in [4.78, 5) is 4.07. The van der Waals surface area contributed by atoms with Crippen molar-refractivity contribution in [3.63, 3.8) is 0 Å². The van der Waals surface area contributed by atoms with Crippen molar-refractivity contribution < 1.29 is 13.9 Å². The van der Waals surface area contributed by atoms with Crippen molar-refractivity contribution in [2.45, 2.75) is 20.0 Å². The first kappa shape index (κ1) is 12.8. The van der Waals surface area contributed by atoms with Crippen LogP contribution in [0.4, 0.5) is 4.39 Å². The Labute approximate surface area is 115 Å². The SMILES string of the molecule is Cc1cncc(C(O)c2oc3ccc(F)cc3c2C)c1. The van der Waals surface area contributed by atoms with E-state index in [0.717, 1.165) is 11.1 Å². The molecule has 0 bridgehead atoms. The third-order valence-corrected chi connectivity index (χ3v) is 3.40. The Morgan fingerprint density at radius 3 is 2.75 bits per heavy atom. The largest absolute Gasteiger partial charge is 0.458 e. The number of aryl methyl sites for hydroxylation is 2. The van der Waals surface area contributed by atoms with Crippen LogP contribution in [-0.2, 0) is 0 Å². The van der Waals surface area contributed by atoms with Crippen molar-refractivity contribution in [2.75, 3.05) is 0 Å². The first-order valence-electron chi connectivity index (χ1n) is 6.34. The fraction of sp³-hybridized carbons (Fsp3) is 0.188. The van der Waals surface area contributed by atoms with Gasteiger partial charge in [-0.25, -0.2) is 4.39 Å². The van der Waals surface area contributed by atoms with Gasteiger partial charge in [0.25, 0.3) is 0 Å². The molecule has 0 saturated carbocycles. The summed E-state index contributed by atoms with van der Waals surface area (Å²) in [5, 5.41) is 11.1. The summed E-state index contributed by atoms with van der Waals surface area (Å²) in [7, 11) is 0. The highest BCUT2D eigenvalue weighted by molar-refractivity contribution is 5.82. The van der Waals surface area contributed by atoms with E-state index in [1.165, 1.54) is 12.1 Å². The second-order valence-corrected chi connectivity index (χ2v) is 4.93. The lowest BCUT2D eigenvalue weighted by atomic mass is 10.0. The first-order valence-corrected chi connectivity index (χ1v) is 6.34. The molecule has 0 aliphatic rings. The van der Waals surface area contributed by atoms with Gasteiger partial charge in [-0.3, -0.25) is 4.98 Å². The van der Waals surface area contributed by atoms with E-state index in [-0.39, 0.29) is 5.82 Å². The summed E-state index contributed by atoms with van der Waals surface area (Å²) >= 11 is 0. The standard InChI is InChI=1S/C16H14FNO2/c1-9-5-11(8-18-7-9)15(19)16-10(2)13-6-12(17)3-4-14(13)20-16/h3-8,15,19H,1-2H3. The average Bonchev–Trinajstić information content (AvgIpc) is 2.75. The molecule has 0 aliphatic heterocycles. The van der Waals surface area contributed by atoms with Gasteiger partial charge in [-0.15, -0.1) is 0 Å². The third-order valence-electron chi connectivity index (χ3n) is 3.40. The number of aliphatic hydroxyl groups is 1. The van der Waals surface area contributed by atoms with Gasteiger partial charge in [-0.05, 0) is 43.7 Å². The lowest BCUT2D eigenvalue weighted by molar-refractivity contribution is 0.191. The third kappa shape index (κ3) is 2.08. The molecular formula is C16H14FNO2. The van der Waals surface area contributed by atoms with Crippen molar-refractivity contribution in [3.05, 3.63) is 64.9 Å². The van der Waals surface area contributed by atoms with Crippen molar-refractivity contribution in [1.82, 2.24) is 4.98 Å². The summed E-state index contributed by atoms with van der Waals surface area (Å²) < 4.78 is 19.0. The quantitative estimate of drug-likeness (QED) is 0.773. The number of aliphatic hydroxyl groups excluding tert-OH is 1. The molecule has 0 amide bonds. The number of aromatic nitrogens is 1. The van der Waals surface area contributed by atoms with E-state index in [4.69, 9.17) is 4.42 Å². The van der Waals surface area contributed by atoms with Gasteiger partial charge in [0, 0.05) is 28.9 Å². The predicted octanol–water partition coefficient (Wildman–Crippen LogP) is 3.67. The molecule has 0 fully saturated rings. The summed E-state index contributed by atoms with van der Waals surface area (Å²) in [6, 6.07) is 6.18. The van der Waals surface area contributed by atoms with Crippen LogP contribution >= 0.6 is 0 Å². The summed E-state index contributed by atoms with van der Waals surface area (Å²) in [5.41, 5.74) is 2.93. The molecule has 1 aromatic carbocycles. The highest BCUT2D eigenvalue weighted by Gasteiger charge is 2.20. The Balaban J connectivity index is 2.12. The normalized spacial score (nSPS) is 12.8. The number of hydrogen-bond donors (Lipinski definition) is 1. The number of rotatable bonds is 2. The molecule has 1 N–H and O–H groups in total. The number of hydrogen-bond acceptors (Lipinski definition) is 3. The van der Waals surface area contributed by atoms with Gasteiger partial charge in [0.2, 0.25) is 0 Å². The molecule has 2 aromatic heterocycles. The number of halogens is 1. The second-order valence-electron chi connectivity index (χ2n) is 4.93. The van der Waals surface area contributed by atoms with E-state index in [0.29, 0.717) is 22.3 Å².